The highest BCUT2D eigenvalue weighted by molar-refractivity contribution is 7.85. The van der Waals surface area contributed by atoms with E-state index in [2.05, 4.69) is 28.2 Å². The fourth-order valence-electron chi connectivity index (χ4n) is 4.00. The van der Waals surface area contributed by atoms with Gasteiger partial charge in [-0.05, 0) is 24.5 Å². The highest BCUT2D eigenvalue weighted by atomic mass is 32.2. The van der Waals surface area contributed by atoms with Crippen molar-refractivity contribution in [1.29, 1.82) is 0 Å². The van der Waals surface area contributed by atoms with E-state index in [1.165, 1.54) is 57.4 Å². The van der Waals surface area contributed by atoms with Gasteiger partial charge in [0, 0.05) is 65.4 Å². The summed E-state index contributed by atoms with van der Waals surface area (Å²) in [6.45, 7) is 11.4. The number of benzene rings is 1. The third-order valence-electron chi connectivity index (χ3n) is 6.13. The molecule has 0 atom stereocenters. The third-order valence-corrected chi connectivity index (χ3v) is 7.08. The van der Waals surface area contributed by atoms with E-state index in [1.807, 2.05) is 6.07 Å². The van der Waals surface area contributed by atoms with Gasteiger partial charge in [0.05, 0.1) is 4.90 Å². The molecule has 38 heavy (non-hydrogen) atoms. The summed E-state index contributed by atoms with van der Waals surface area (Å²) in [5.41, 5.74) is 11.4. The molecule has 0 fully saturated rings. The molecule has 10 heteroatoms. The number of hydrogen-bond acceptors (Lipinski definition) is 8. The fraction of sp³-hybridized carbons (Fsp3) is 0.786. The van der Waals surface area contributed by atoms with E-state index >= 15 is 0 Å². The van der Waals surface area contributed by atoms with Crippen molar-refractivity contribution in [2.45, 2.75) is 82.4 Å². The van der Waals surface area contributed by atoms with E-state index in [0.29, 0.717) is 19.5 Å². The van der Waals surface area contributed by atoms with Gasteiger partial charge in [-0.25, -0.2) is 0 Å². The summed E-state index contributed by atoms with van der Waals surface area (Å²) in [6, 6.07) is 6.73. The van der Waals surface area contributed by atoms with Crippen LogP contribution in [0.3, 0.4) is 0 Å². The molecule has 0 spiro atoms. The van der Waals surface area contributed by atoms with Gasteiger partial charge < -0.3 is 32.7 Å². The highest BCUT2D eigenvalue weighted by Gasteiger charge is 2.13. The zero-order chi connectivity index (χ0) is 28.2. The minimum absolute atomic E-state index is 0.0610. The Bertz CT molecular complexity index is 723. The van der Waals surface area contributed by atoms with Crippen LogP contribution in [0.4, 0.5) is 0 Å². The Labute approximate surface area is 233 Å². The molecule has 0 saturated heterocycles. The number of nitrogens with one attached hydrogen (secondary N) is 4. The Balaban J connectivity index is 0.000000761. The van der Waals surface area contributed by atoms with Crippen molar-refractivity contribution in [3.05, 3.63) is 29.8 Å². The lowest BCUT2D eigenvalue weighted by Gasteiger charge is -2.07. The van der Waals surface area contributed by atoms with Crippen molar-refractivity contribution in [3.8, 4) is 0 Å². The summed E-state index contributed by atoms with van der Waals surface area (Å²) < 4.78 is 31.8. The van der Waals surface area contributed by atoms with Gasteiger partial charge in [-0.1, -0.05) is 82.9 Å². The molecule has 9 nitrogen and oxygen atoms in total. The summed E-state index contributed by atoms with van der Waals surface area (Å²) >= 11 is 0. The maximum atomic E-state index is 11.3. The van der Waals surface area contributed by atoms with E-state index in [4.69, 9.17) is 11.5 Å². The summed E-state index contributed by atoms with van der Waals surface area (Å²) in [4.78, 5) is 0.0610. The van der Waals surface area contributed by atoms with Crippen LogP contribution in [0.5, 0.6) is 0 Å². The van der Waals surface area contributed by atoms with Crippen molar-refractivity contribution in [1.82, 2.24) is 21.3 Å². The van der Waals surface area contributed by atoms with E-state index < -0.39 is 10.1 Å². The van der Waals surface area contributed by atoms with Crippen molar-refractivity contribution in [3.63, 3.8) is 0 Å². The zero-order valence-corrected chi connectivity index (χ0v) is 24.8. The van der Waals surface area contributed by atoms with E-state index in [-0.39, 0.29) is 4.90 Å². The topological polar surface area (TPSA) is 155 Å². The van der Waals surface area contributed by atoms with E-state index in [9.17, 15) is 13.0 Å². The lowest BCUT2D eigenvalue weighted by molar-refractivity contribution is 0.481. The Morgan fingerprint density at radius 1 is 0.632 bits per heavy atom. The molecule has 1 rings (SSSR count). The maximum Gasteiger partial charge on any atom is 0.294 e. The normalized spacial score (nSPS) is 11.4. The lowest BCUT2D eigenvalue weighted by atomic mass is 10.0. The van der Waals surface area contributed by atoms with Crippen LogP contribution in [-0.2, 0) is 16.5 Å². The van der Waals surface area contributed by atoms with Gasteiger partial charge in [0.15, 0.2) is 0 Å². The molecule has 224 valence electrons. The first-order valence-corrected chi connectivity index (χ1v) is 16.2. The Hall–Kier alpha value is -1.11. The van der Waals surface area contributed by atoms with Crippen molar-refractivity contribution < 1.29 is 13.0 Å². The smallest absolute Gasteiger partial charge is 0.294 e. The predicted molar refractivity (Wildman–Crippen MR) is 161 cm³/mol. The number of hydrogen-bond donors (Lipinski definition) is 7. The summed E-state index contributed by atoms with van der Waals surface area (Å²) in [5, 5.41) is 13.1. The third kappa shape index (κ3) is 24.0. The van der Waals surface area contributed by atoms with Gasteiger partial charge in [0.2, 0.25) is 0 Å². The first kappa shape index (κ1) is 36.9. The van der Waals surface area contributed by atoms with E-state index in [0.717, 1.165) is 70.8 Å². The quantitative estimate of drug-likeness (QED) is 0.0708. The second-order valence-electron chi connectivity index (χ2n) is 9.59. The first-order valence-electron chi connectivity index (χ1n) is 14.8. The Kier molecular flexibility index (Phi) is 26.7. The molecular formula is C28H58N6O3S. The first-order chi connectivity index (χ1) is 18.5. The fourth-order valence-corrected chi connectivity index (χ4v) is 4.75. The Morgan fingerprint density at radius 2 is 1.03 bits per heavy atom. The molecule has 1 aromatic carbocycles. The monoisotopic (exact) mass is 558 g/mol. The molecule has 0 amide bonds. The van der Waals surface area contributed by atoms with Crippen LogP contribution in [0.2, 0.25) is 0 Å². The van der Waals surface area contributed by atoms with Gasteiger partial charge in [0.1, 0.15) is 0 Å². The standard InChI is InChI=1S/C18H30O3S.C10H28N6/c1-2-3-4-5-6-7-8-9-10-11-14-17-15-12-13-16-18(17)22(19,20)21;11-1-3-13-5-7-15-9-10-16-8-6-14-4-2-12/h12-13,15-16H,2-11,14H2,1H3,(H,19,20,21);13-16H,1-12H2. The van der Waals surface area contributed by atoms with Gasteiger partial charge in [-0.2, -0.15) is 8.42 Å². The van der Waals surface area contributed by atoms with Crippen LogP contribution in [0.1, 0.15) is 76.7 Å². The summed E-state index contributed by atoms with van der Waals surface area (Å²) in [6.07, 6.45) is 13.3. The molecular weight excluding hydrogens is 500 g/mol. The number of nitrogens with two attached hydrogens (primary N) is 2. The zero-order valence-electron chi connectivity index (χ0n) is 24.0. The van der Waals surface area contributed by atoms with Crippen molar-refractivity contribution in [2.75, 3.05) is 65.4 Å². The average molecular weight is 559 g/mol. The average Bonchev–Trinajstić information content (AvgIpc) is 2.90. The maximum absolute atomic E-state index is 11.3. The Morgan fingerprint density at radius 3 is 1.45 bits per heavy atom. The second-order valence-corrected chi connectivity index (χ2v) is 11.0. The molecule has 0 aliphatic heterocycles. The van der Waals surface area contributed by atoms with Gasteiger partial charge in [-0.15, -0.1) is 0 Å². The van der Waals surface area contributed by atoms with Crippen LogP contribution >= 0.6 is 0 Å². The van der Waals surface area contributed by atoms with Gasteiger partial charge in [0.25, 0.3) is 10.1 Å². The molecule has 0 bridgehead atoms. The molecule has 0 unspecified atom stereocenters. The van der Waals surface area contributed by atoms with Crippen LogP contribution < -0.4 is 32.7 Å². The second kappa shape index (κ2) is 27.5. The number of unbranched alkanes of at least 4 members (excludes halogenated alkanes) is 9. The van der Waals surface area contributed by atoms with Crippen LogP contribution in [0, 0.1) is 0 Å². The molecule has 1 aromatic rings. The van der Waals surface area contributed by atoms with Crippen molar-refractivity contribution >= 4 is 10.1 Å². The molecule has 9 N–H and O–H groups in total. The van der Waals surface area contributed by atoms with Crippen LogP contribution in [0.15, 0.2) is 29.2 Å². The SMILES string of the molecule is CCCCCCCCCCCCc1ccccc1S(=O)(=O)O.NCCNCCNCCNCCNCCN. The van der Waals surface area contributed by atoms with E-state index in [1.54, 1.807) is 12.1 Å². The summed E-state index contributed by atoms with van der Waals surface area (Å²) in [7, 11) is -4.10. The number of rotatable bonds is 25. The largest absolute Gasteiger partial charge is 0.329 e. The minimum atomic E-state index is -4.10. The molecule has 0 aliphatic carbocycles. The van der Waals surface area contributed by atoms with Crippen molar-refractivity contribution in [2.24, 2.45) is 11.5 Å². The van der Waals surface area contributed by atoms with Gasteiger partial charge >= 0.3 is 0 Å². The highest BCUT2D eigenvalue weighted by Crippen LogP contribution is 2.18. The summed E-state index contributed by atoms with van der Waals surface area (Å²) in [5.74, 6) is 0. The minimum Gasteiger partial charge on any atom is -0.329 e. The van der Waals surface area contributed by atoms with Crippen LogP contribution in [0.25, 0.3) is 0 Å². The van der Waals surface area contributed by atoms with Crippen LogP contribution in [-0.4, -0.2) is 78.4 Å². The molecule has 0 aromatic heterocycles. The molecule has 0 heterocycles. The molecule has 0 aliphatic rings. The predicted octanol–water partition coefficient (Wildman–Crippen LogP) is 2.66. The molecule has 0 radical (unpaired) electrons. The molecule has 0 saturated carbocycles. The van der Waals surface area contributed by atoms with Gasteiger partial charge in [-0.3, -0.25) is 4.55 Å². The lowest BCUT2D eigenvalue weighted by Crippen LogP contribution is -2.36. The number of aryl methyl sites for hydroxylation is 1.